The van der Waals surface area contributed by atoms with Gasteiger partial charge in [-0.05, 0) is 24.3 Å². The van der Waals surface area contributed by atoms with Crippen LogP contribution in [0.4, 0.5) is 18.9 Å². The van der Waals surface area contributed by atoms with Crippen LogP contribution in [0.25, 0.3) is 11.3 Å². The summed E-state index contributed by atoms with van der Waals surface area (Å²) in [6, 6.07) is 8.41. The molecule has 0 fully saturated rings. The molecular weight excluding hydrogens is 399 g/mol. The first kappa shape index (κ1) is 19.4. The van der Waals surface area contributed by atoms with E-state index in [4.69, 9.17) is 5.73 Å². The number of hydrogen-bond acceptors (Lipinski definition) is 6. The molecule has 1 heterocycles. The van der Waals surface area contributed by atoms with E-state index in [1.165, 1.54) is 24.3 Å². The van der Waals surface area contributed by atoms with E-state index in [0.717, 1.165) is 30.0 Å². The molecule has 1 aromatic heterocycles. The minimum absolute atomic E-state index is 0.0335. The third kappa shape index (κ3) is 3.96. The highest BCUT2D eigenvalue weighted by molar-refractivity contribution is 7.99. The van der Waals surface area contributed by atoms with E-state index in [0.29, 0.717) is 0 Å². The second-order valence-electron chi connectivity index (χ2n) is 5.45. The fourth-order valence-corrected chi connectivity index (χ4v) is 3.32. The number of aromatic amines is 1. The van der Waals surface area contributed by atoms with Crippen molar-refractivity contribution in [3.05, 3.63) is 63.8 Å². The van der Waals surface area contributed by atoms with Crippen molar-refractivity contribution < 1.29 is 22.9 Å². The van der Waals surface area contributed by atoms with Gasteiger partial charge in [0.1, 0.15) is 5.69 Å². The molecule has 28 heavy (non-hydrogen) atoms. The minimum Gasteiger partial charge on any atom is -0.364 e. The molecule has 0 atom stereocenters. The van der Waals surface area contributed by atoms with Crippen molar-refractivity contribution >= 4 is 23.4 Å². The summed E-state index contributed by atoms with van der Waals surface area (Å²) in [5.74, 6) is -0.867. The number of primary amides is 1. The number of rotatable bonds is 5. The van der Waals surface area contributed by atoms with Crippen LogP contribution in [0.3, 0.4) is 0 Å². The first-order valence-corrected chi connectivity index (χ1v) is 8.33. The fourth-order valence-electron chi connectivity index (χ4n) is 2.36. The molecule has 0 aliphatic rings. The quantitative estimate of drug-likeness (QED) is 0.489. The van der Waals surface area contributed by atoms with Crippen molar-refractivity contribution in [2.45, 2.75) is 16.0 Å². The Morgan fingerprint density at radius 3 is 2.57 bits per heavy atom. The largest absolute Gasteiger partial charge is 0.416 e. The molecule has 0 radical (unpaired) electrons. The van der Waals surface area contributed by atoms with Crippen LogP contribution in [0, 0.1) is 10.1 Å². The van der Waals surface area contributed by atoms with Crippen molar-refractivity contribution in [3.63, 3.8) is 0 Å². The van der Waals surface area contributed by atoms with Crippen LogP contribution in [0.1, 0.15) is 16.1 Å². The number of aromatic nitrogens is 3. The summed E-state index contributed by atoms with van der Waals surface area (Å²) in [6.45, 7) is 0. The number of benzene rings is 2. The zero-order valence-electron chi connectivity index (χ0n) is 13.7. The maximum Gasteiger partial charge on any atom is 0.416 e. The number of carbonyl (C=O) groups excluding carboxylic acids is 1. The zero-order chi connectivity index (χ0) is 20.5. The second kappa shape index (κ2) is 7.31. The van der Waals surface area contributed by atoms with Crippen LogP contribution < -0.4 is 5.73 Å². The van der Waals surface area contributed by atoms with Gasteiger partial charge in [0.05, 0.1) is 15.4 Å². The Hall–Kier alpha value is -3.41. The Bertz CT molecular complexity index is 1070. The first-order chi connectivity index (χ1) is 13.2. The highest BCUT2D eigenvalue weighted by Crippen LogP contribution is 2.39. The van der Waals surface area contributed by atoms with Gasteiger partial charge in [0.15, 0.2) is 5.69 Å². The summed E-state index contributed by atoms with van der Waals surface area (Å²) < 4.78 is 38.6. The number of nitrogens with two attached hydrogens (primary N) is 1. The minimum atomic E-state index is -4.52. The van der Waals surface area contributed by atoms with Gasteiger partial charge in [-0.1, -0.05) is 23.9 Å². The van der Waals surface area contributed by atoms with Crippen LogP contribution in [0.5, 0.6) is 0 Å². The molecule has 2 aromatic carbocycles. The lowest BCUT2D eigenvalue weighted by Crippen LogP contribution is -2.12. The fraction of sp³-hybridized carbons (Fsp3) is 0.0625. The molecule has 12 heteroatoms. The molecule has 1 amide bonds. The molecule has 3 aromatic rings. The third-order valence-corrected chi connectivity index (χ3v) is 4.65. The molecule has 144 valence electrons. The van der Waals surface area contributed by atoms with E-state index in [1.54, 1.807) is 0 Å². The SMILES string of the molecule is NC(=O)c1n[nH]nc1-c1ccc(Sc2cccc(C(F)(F)F)c2)c([N+](=O)[O-])c1. The van der Waals surface area contributed by atoms with Crippen molar-refractivity contribution in [3.8, 4) is 11.3 Å². The Kier molecular flexibility index (Phi) is 5.05. The highest BCUT2D eigenvalue weighted by Gasteiger charge is 2.30. The van der Waals surface area contributed by atoms with Gasteiger partial charge >= 0.3 is 6.18 Å². The van der Waals surface area contributed by atoms with E-state index in [9.17, 15) is 28.1 Å². The smallest absolute Gasteiger partial charge is 0.364 e. The van der Waals surface area contributed by atoms with Crippen molar-refractivity contribution in [2.24, 2.45) is 5.73 Å². The number of amides is 1. The average molecular weight is 409 g/mol. The van der Waals surface area contributed by atoms with Gasteiger partial charge in [-0.15, -0.1) is 0 Å². The van der Waals surface area contributed by atoms with E-state index in [-0.39, 0.29) is 32.4 Å². The van der Waals surface area contributed by atoms with E-state index in [2.05, 4.69) is 15.4 Å². The Balaban J connectivity index is 2.00. The lowest BCUT2D eigenvalue weighted by Gasteiger charge is -2.09. The summed E-state index contributed by atoms with van der Waals surface area (Å²) in [6.07, 6.45) is -4.52. The van der Waals surface area contributed by atoms with Gasteiger partial charge < -0.3 is 5.73 Å². The van der Waals surface area contributed by atoms with E-state index in [1.807, 2.05) is 0 Å². The van der Waals surface area contributed by atoms with Gasteiger partial charge in [0.25, 0.3) is 11.6 Å². The summed E-state index contributed by atoms with van der Waals surface area (Å²) in [4.78, 5) is 22.5. The van der Waals surface area contributed by atoms with Crippen molar-refractivity contribution in [2.75, 3.05) is 0 Å². The first-order valence-electron chi connectivity index (χ1n) is 7.51. The molecule has 0 unspecified atom stereocenters. The molecule has 0 saturated carbocycles. The summed E-state index contributed by atoms with van der Waals surface area (Å²) in [5, 5.41) is 21.0. The molecule has 0 saturated heterocycles. The third-order valence-electron chi connectivity index (χ3n) is 3.60. The topological polar surface area (TPSA) is 128 Å². The van der Waals surface area contributed by atoms with E-state index >= 15 is 0 Å². The van der Waals surface area contributed by atoms with Crippen molar-refractivity contribution in [1.82, 2.24) is 15.4 Å². The van der Waals surface area contributed by atoms with Gasteiger partial charge in [-0.3, -0.25) is 14.9 Å². The Labute approximate surface area is 159 Å². The number of alkyl halides is 3. The van der Waals surface area contributed by atoms with Gasteiger partial charge in [-0.25, -0.2) is 0 Å². The number of hydrogen-bond donors (Lipinski definition) is 2. The normalized spacial score (nSPS) is 11.4. The Morgan fingerprint density at radius 2 is 1.93 bits per heavy atom. The van der Waals surface area contributed by atoms with Crippen LogP contribution in [0.15, 0.2) is 52.3 Å². The molecule has 3 rings (SSSR count). The standard InChI is InChI=1S/C16H10F3N5O3S/c17-16(18,19)9-2-1-3-10(7-9)28-12-5-4-8(6-11(12)24(26)27)13-14(15(20)25)22-23-21-13/h1-7H,(H2,20,25)(H,21,22,23). The van der Waals surface area contributed by atoms with Crippen molar-refractivity contribution in [1.29, 1.82) is 0 Å². The summed E-state index contributed by atoms with van der Waals surface area (Å²) in [5.41, 5.74) is 4.02. The Morgan fingerprint density at radius 1 is 1.18 bits per heavy atom. The number of nitro groups is 1. The molecule has 3 N–H and O–H groups in total. The number of carbonyl (C=O) groups is 1. The maximum absolute atomic E-state index is 12.9. The maximum atomic E-state index is 12.9. The molecule has 8 nitrogen and oxygen atoms in total. The average Bonchev–Trinajstić information content (AvgIpc) is 3.11. The van der Waals surface area contributed by atoms with Crippen LogP contribution in [-0.2, 0) is 6.18 Å². The second-order valence-corrected chi connectivity index (χ2v) is 6.57. The monoisotopic (exact) mass is 409 g/mol. The molecule has 0 aliphatic carbocycles. The number of nitrogens with one attached hydrogen (secondary N) is 1. The van der Waals surface area contributed by atoms with Gasteiger partial charge in [0, 0.05) is 16.5 Å². The molecule has 0 bridgehead atoms. The molecule has 0 spiro atoms. The number of nitro benzene ring substituents is 1. The van der Waals surface area contributed by atoms with Crippen LogP contribution in [0.2, 0.25) is 0 Å². The predicted octanol–water partition coefficient (Wildman–Crippen LogP) is 3.65. The summed E-state index contributed by atoms with van der Waals surface area (Å²) >= 11 is 0.812. The highest BCUT2D eigenvalue weighted by atomic mass is 32.2. The van der Waals surface area contributed by atoms with Crippen LogP contribution >= 0.6 is 11.8 Å². The number of H-pyrrole nitrogens is 1. The lowest BCUT2D eigenvalue weighted by atomic mass is 10.1. The lowest BCUT2D eigenvalue weighted by molar-refractivity contribution is -0.387. The van der Waals surface area contributed by atoms with Gasteiger partial charge in [0.2, 0.25) is 0 Å². The zero-order valence-corrected chi connectivity index (χ0v) is 14.5. The van der Waals surface area contributed by atoms with Gasteiger partial charge in [-0.2, -0.15) is 28.6 Å². The summed E-state index contributed by atoms with van der Waals surface area (Å²) in [7, 11) is 0. The predicted molar refractivity (Wildman–Crippen MR) is 92.6 cm³/mol. The van der Waals surface area contributed by atoms with Crippen LogP contribution in [-0.4, -0.2) is 26.2 Å². The molecule has 0 aliphatic heterocycles. The number of nitrogens with zero attached hydrogens (tertiary/aromatic N) is 3. The molecular formula is C16H10F3N5O3S. The van der Waals surface area contributed by atoms with E-state index < -0.39 is 22.6 Å². The number of halogens is 3.